The molecule has 0 bridgehead atoms. The largest absolute Gasteiger partial charge is 0.285 e. The second kappa shape index (κ2) is 5.98. The second-order valence-electron chi connectivity index (χ2n) is 1.72. The number of nitrogens with zero attached hydrogens (tertiary/aromatic N) is 1. The Hall–Kier alpha value is -0.760. The average Bonchev–Trinajstić information content (AvgIpc) is 2.10. The van der Waals surface area contributed by atoms with Gasteiger partial charge in [-0.2, -0.15) is 0 Å². The van der Waals surface area contributed by atoms with E-state index in [4.69, 9.17) is 16.8 Å². The van der Waals surface area contributed by atoms with Crippen molar-refractivity contribution in [2.45, 2.75) is 19.7 Å². The Labute approximate surface area is 72.0 Å². The highest BCUT2D eigenvalue weighted by Gasteiger charge is 1.93. The molecule has 0 amide bonds. The minimum absolute atomic E-state index is 0.487. The number of aromatic nitrogens is 1. The van der Waals surface area contributed by atoms with Gasteiger partial charge in [0.2, 0.25) is 12.4 Å². The second-order valence-corrected chi connectivity index (χ2v) is 1.99. The topological polar surface area (TPSA) is 24.1 Å². The van der Waals surface area contributed by atoms with E-state index in [9.17, 15) is 0 Å². The summed E-state index contributed by atoms with van der Waals surface area (Å²) < 4.78 is 0.982. The van der Waals surface area contributed by atoms with Gasteiger partial charge in [0.25, 0.3) is 0 Å². The molecule has 3 heteroatoms. The fraction of sp³-hybridized carbons (Fsp3) is 0.375. The molecule has 2 nitrogen and oxygen atoms in total. The molecule has 11 heavy (non-hydrogen) atoms. The van der Waals surface area contributed by atoms with Crippen molar-refractivity contribution in [2.24, 2.45) is 0 Å². The Balaban J connectivity index is 0.000000461. The molecule has 0 aliphatic carbocycles. The van der Waals surface area contributed by atoms with Gasteiger partial charge in [-0.3, -0.25) is 5.21 Å². The standard InChI is InChI=1S/C6H7ClNO.C2H6/c7-5-6-1-3-8(9)4-2-6;1-2/h1-4,9H,5H2;1-2H3/q+1;. The molecule has 0 fully saturated rings. The molecule has 0 radical (unpaired) electrons. The van der Waals surface area contributed by atoms with E-state index < -0.39 is 0 Å². The van der Waals surface area contributed by atoms with Crippen molar-refractivity contribution in [1.82, 2.24) is 0 Å². The third-order valence-electron chi connectivity index (χ3n) is 1.04. The van der Waals surface area contributed by atoms with Crippen molar-refractivity contribution in [2.75, 3.05) is 0 Å². The molecule has 1 aromatic heterocycles. The number of hydrogen-bond donors (Lipinski definition) is 1. The number of pyridine rings is 1. The lowest BCUT2D eigenvalue weighted by atomic mass is 10.3. The summed E-state index contributed by atoms with van der Waals surface area (Å²) in [6.07, 6.45) is 3.08. The number of halogens is 1. The molecule has 1 rings (SSSR count). The van der Waals surface area contributed by atoms with Crippen LogP contribution in [0.25, 0.3) is 0 Å². The first-order chi connectivity index (χ1) is 5.33. The van der Waals surface area contributed by atoms with Crippen LogP contribution in [0.15, 0.2) is 24.5 Å². The van der Waals surface area contributed by atoms with Crippen molar-refractivity contribution in [3.8, 4) is 0 Å². The van der Waals surface area contributed by atoms with Crippen LogP contribution in [0, 0.1) is 0 Å². The lowest BCUT2D eigenvalue weighted by Crippen LogP contribution is -2.27. The molecule has 0 saturated heterocycles. The van der Waals surface area contributed by atoms with Crippen molar-refractivity contribution in [3.63, 3.8) is 0 Å². The van der Waals surface area contributed by atoms with Crippen LogP contribution in [0.5, 0.6) is 0 Å². The molecule has 1 aromatic rings. The summed E-state index contributed by atoms with van der Waals surface area (Å²) in [5.74, 6) is 0.487. The van der Waals surface area contributed by atoms with Gasteiger partial charge in [0.05, 0.1) is 0 Å². The van der Waals surface area contributed by atoms with Gasteiger partial charge in [0, 0.05) is 22.7 Å². The van der Waals surface area contributed by atoms with E-state index in [1.54, 1.807) is 12.1 Å². The zero-order valence-corrected chi connectivity index (χ0v) is 7.54. The SMILES string of the molecule is CC.O[n+]1ccc(CCl)cc1. The fourth-order valence-corrected chi connectivity index (χ4v) is 0.717. The molecule has 0 aliphatic heterocycles. The van der Waals surface area contributed by atoms with Crippen LogP contribution in [-0.4, -0.2) is 5.21 Å². The van der Waals surface area contributed by atoms with Crippen LogP contribution < -0.4 is 4.73 Å². The predicted octanol–water partition coefficient (Wildman–Crippen LogP) is 1.98. The number of hydrogen-bond acceptors (Lipinski definition) is 1. The average molecular weight is 175 g/mol. The van der Waals surface area contributed by atoms with E-state index in [0.717, 1.165) is 10.3 Å². The van der Waals surface area contributed by atoms with Crippen LogP contribution >= 0.6 is 11.6 Å². The summed E-state index contributed by atoms with van der Waals surface area (Å²) in [6, 6.07) is 3.51. The first-order valence-electron chi connectivity index (χ1n) is 3.58. The van der Waals surface area contributed by atoms with Gasteiger partial charge >= 0.3 is 0 Å². The Kier molecular flexibility index (Phi) is 5.57. The van der Waals surface area contributed by atoms with E-state index in [1.165, 1.54) is 12.4 Å². The normalized spacial score (nSPS) is 8.27. The van der Waals surface area contributed by atoms with Gasteiger partial charge in [0.15, 0.2) is 0 Å². The molecule has 0 aromatic carbocycles. The van der Waals surface area contributed by atoms with Crippen LogP contribution in [0.1, 0.15) is 19.4 Å². The smallest absolute Gasteiger partial charge is 0.222 e. The molecule has 0 aliphatic rings. The molecule has 1 heterocycles. The molecule has 62 valence electrons. The summed E-state index contributed by atoms with van der Waals surface area (Å²) in [7, 11) is 0. The van der Waals surface area contributed by atoms with Gasteiger partial charge in [-0.15, -0.1) is 11.6 Å². The van der Waals surface area contributed by atoms with Crippen LogP contribution in [0.2, 0.25) is 0 Å². The summed E-state index contributed by atoms with van der Waals surface area (Å²) in [4.78, 5) is 0. The highest BCUT2D eigenvalue weighted by molar-refractivity contribution is 6.17. The van der Waals surface area contributed by atoms with Crippen LogP contribution in [-0.2, 0) is 5.88 Å². The van der Waals surface area contributed by atoms with E-state index in [0.29, 0.717) is 5.88 Å². The van der Waals surface area contributed by atoms with Crippen molar-refractivity contribution >= 4 is 11.6 Å². The third-order valence-corrected chi connectivity index (χ3v) is 1.35. The molecule has 0 unspecified atom stereocenters. The van der Waals surface area contributed by atoms with Gasteiger partial charge in [-0.1, -0.05) is 13.8 Å². The van der Waals surface area contributed by atoms with E-state index in [-0.39, 0.29) is 0 Å². The maximum Gasteiger partial charge on any atom is 0.222 e. The lowest BCUT2D eigenvalue weighted by molar-refractivity contribution is -0.904. The van der Waals surface area contributed by atoms with Crippen LogP contribution in [0.4, 0.5) is 0 Å². The Bertz CT molecular complexity index is 186. The van der Waals surface area contributed by atoms with Crippen molar-refractivity contribution in [3.05, 3.63) is 30.1 Å². The Morgan fingerprint density at radius 3 is 2.18 bits per heavy atom. The molecule has 0 saturated carbocycles. The first-order valence-corrected chi connectivity index (χ1v) is 4.12. The predicted molar refractivity (Wildman–Crippen MR) is 44.7 cm³/mol. The minimum Gasteiger partial charge on any atom is -0.285 e. The molecule has 0 atom stereocenters. The number of rotatable bonds is 1. The van der Waals surface area contributed by atoms with Gasteiger partial charge < -0.3 is 0 Å². The maximum atomic E-state index is 8.73. The van der Waals surface area contributed by atoms with Crippen LogP contribution in [0.3, 0.4) is 0 Å². The summed E-state index contributed by atoms with van der Waals surface area (Å²) in [5.41, 5.74) is 1.00. The Morgan fingerprint density at radius 2 is 1.82 bits per heavy atom. The molecular formula is C8H13ClNO+. The van der Waals surface area contributed by atoms with E-state index in [2.05, 4.69) is 0 Å². The first kappa shape index (κ1) is 10.2. The van der Waals surface area contributed by atoms with Gasteiger partial charge in [0.1, 0.15) is 0 Å². The summed E-state index contributed by atoms with van der Waals surface area (Å²) in [5, 5.41) is 8.73. The molecule has 1 N–H and O–H groups in total. The van der Waals surface area contributed by atoms with Gasteiger partial charge in [-0.25, -0.2) is 0 Å². The molecular weight excluding hydrogens is 162 g/mol. The summed E-state index contributed by atoms with van der Waals surface area (Å²) >= 11 is 5.49. The monoisotopic (exact) mass is 174 g/mol. The Morgan fingerprint density at radius 1 is 1.36 bits per heavy atom. The minimum atomic E-state index is 0.487. The van der Waals surface area contributed by atoms with Gasteiger partial charge in [-0.05, 0) is 5.56 Å². The van der Waals surface area contributed by atoms with E-state index >= 15 is 0 Å². The lowest BCUT2D eigenvalue weighted by Gasteiger charge is -1.86. The fourth-order valence-electron chi connectivity index (χ4n) is 0.539. The highest BCUT2D eigenvalue weighted by Crippen LogP contribution is 1.97. The van der Waals surface area contributed by atoms with Crippen molar-refractivity contribution in [1.29, 1.82) is 0 Å². The quantitative estimate of drug-likeness (QED) is 0.393. The summed E-state index contributed by atoms with van der Waals surface area (Å²) in [6.45, 7) is 4.00. The zero-order valence-electron chi connectivity index (χ0n) is 6.79. The maximum absolute atomic E-state index is 8.73. The molecule has 0 spiro atoms. The third kappa shape index (κ3) is 3.83. The number of alkyl halides is 1. The highest BCUT2D eigenvalue weighted by atomic mass is 35.5. The zero-order chi connectivity index (χ0) is 8.69. The van der Waals surface area contributed by atoms with Crippen molar-refractivity contribution < 1.29 is 9.94 Å². The van der Waals surface area contributed by atoms with E-state index in [1.807, 2.05) is 13.8 Å².